The summed E-state index contributed by atoms with van der Waals surface area (Å²) in [5.74, 6) is -5.92. The topological polar surface area (TPSA) is 167 Å². The van der Waals surface area contributed by atoms with Crippen LogP contribution in [0.15, 0.2) is 29.0 Å². The van der Waals surface area contributed by atoms with Gasteiger partial charge in [-0.1, -0.05) is 0 Å². The van der Waals surface area contributed by atoms with Crippen molar-refractivity contribution in [1.29, 1.82) is 0 Å². The number of nitrogens with two attached hydrogens (primary N) is 2. The quantitative estimate of drug-likeness (QED) is 0.201. The zero-order valence-corrected chi connectivity index (χ0v) is 16.5. The Morgan fingerprint density at radius 3 is 2.40 bits per heavy atom. The van der Waals surface area contributed by atoms with Crippen molar-refractivity contribution in [1.82, 2.24) is 4.90 Å². The molecule has 4 unspecified atom stereocenters. The largest absolute Gasteiger partial charge is 0.510 e. The zero-order chi connectivity index (χ0) is 22.1. The number of hydrogen-bond donors (Lipinski definition) is 5. The van der Waals surface area contributed by atoms with Gasteiger partial charge in [0.25, 0.3) is 5.91 Å². The van der Waals surface area contributed by atoms with Gasteiger partial charge >= 0.3 is 0 Å². The van der Waals surface area contributed by atoms with Crippen molar-refractivity contribution in [2.45, 2.75) is 18.9 Å². The number of phenolic OH excluding ortho intramolecular Hbond substituents is 1. The van der Waals surface area contributed by atoms with Crippen molar-refractivity contribution in [3.05, 3.63) is 40.2 Å². The average Bonchev–Trinajstić information content (AvgIpc) is 2.63. The van der Waals surface area contributed by atoms with E-state index in [0.717, 1.165) is 0 Å². The maximum atomic E-state index is 13.4. The first kappa shape index (κ1) is 20.0. The number of carbonyl (C=O) groups is 3. The van der Waals surface area contributed by atoms with Gasteiger partial charge in [0.1, 0.15) is 22.8 Å². The molecule has 4 atom stereocenters. The van der Waals surface area contributed by atoms with Crippen LogP contribution in [-0.4, -0.2) is 57.8 Å². The molecule has 1 aromatic rings. The molecule has 1 aromatic carbocycles. The molecule has 0 aromatic heterocycles. The van der Waals surface area contributed by atoms with E-state index in [-0.39, 0.29) is 16.9 Å². The third-order valence-electron chi connectivity index (χ3n) is 6.48. The van der Waals surface area contributed by atoms with Crippen molar-refractivity contribution >= 4 is 28.9 Å². The molecular formula is C21H23N3O6. The predicted octanol–water partition coefficient (Wildman–Crippen LogP) is 0.431. The van der Waals surface area contributed by atoms with Crippen LogP contribution in [-0.2, 0) is 20.8 Å². The van der Waals surface area contributed by atoms with Gasteiger partial charge in [-0.05, 0) is 56.5 Å². The minimum absolute atomic E-state index is 0.0423. The number of carbonyl (C=O) groups excluding carboxylic acids is 3. The summed E-state index contributed by atoms with van der Waals surface area (Å²) in [7, 11) is 3.34. The fourth-order valence-corrected chi connectivity index (χ4v) is 5.29. The van der Waals surface area contributed by atoms with Crippen molar-refractivity contribution in [3.8, 4) is 5.75 Å². The van der Waals surface area contributed by atoms with Crippen LogP contribution in [0.1, 0.15) is 17.5 Å². The van der Waals surface area contributed by atoms with Gasteiger partial charge in [-0.3, -0.25) is 19.3 Å². The van der Waals surface area contributed by atoms with Gasteiger partial charge in [0.15, 0.2) is 11.6 Å². The van der Waals surface area contributed by atoms with E-state index in [2.05, 4.69) is 0 Å². The number of aliphatic hydroxyl groups excluding tert-OH is 2. The lowest BCUT2D eigenvalue weighted by atomic mass is 9.59. The summed E-state index contributed by atoms with van der Waals surface area (Å²) in [5.41, 5.74) is 11.8. The van der Waals surface area contributed by atoms with Crippen LogP contribution in [0, 0.1) is 17.8 Å². The summed E-state index contributed by atoms with van der Waals surface area (Å²) in [5, 5.41) is 31.8. The van der Waals surface area contributed by atoms with E-state index < -0.39 is 58.4 Å². The number of amides is 1. The summed E-state index contributed by atoms with van der Waals surface area (Å²) < 4.78 is 0. The summed E-state index contributed by atoms with van der Waals surface area (Å²) in [6.07, 6.45) is 0.598. The Balaban J connectivity index is 1.91. The van der Waals surface area contributed by atoms with Crippen LogP contribution >= 0.6 is 0 Å². The van der Waals surface area contributed by atoms with E-state index in [1.54, 1.807) is 19.0 Å². The molecule has 3 aliphatic rings. The van der Waals surface area contributed by atoms with Crippen molar-refractivity contribution in [2.75, 3.05) is 19.8 Å². The van der Waals surface area contributed by atoms with Gasteiger partial charge in [0.05, 0.1) is 17.5 Å². The highest BCUT2D eigenvalue weighted by Crippen LogP contribution is 2.50. The van der Waals surface area contributed by atoms with Crippen LogP contribution in [0.25, 0.3) is 5.76 Å². The summed E-state index contributed by atoms with van der Waals surface area (Å²) in [6.45, 7) is 0. The number of phenols is 1. The monoisotopic (exact) mass is 413 g/mol. The number of aliphatic hydroxyl groups is 2. The lowest BCUT2D eigenvalue weighted by molar-refractivity contribution is -0.136. The molecular weight excluding hydrogens is 390 g/mol. The van der Waals surface area contributed by atoms with Crippen LogP contribution in [0.4, 0.5) is 5.69 Å². The van der Waals surface area contributed by atoms with Crippen molar-refractivity contribution < 1.29 is 29.7 Å². The highest BCUT2D eigenvalue weighted by Gasteiger charge is 2.55. The summed E-state index contributed by atoms with van der Waals surface area (Å²) in [4.78, 5) is 39.9. The maximum absolute atomic E-state index is 13.4. The summed E-state index contributed by atoms with van der Waals surface area (Å²) in [6, 6.07) is 2.10. The van der Waals surface area contributed by atoms with E-state index in [1.807, 2.05) is 0 Å². The third kappa shape index (κ3) is 2.55. The smallest absolute Gasteiger partial charge is 0.255 e. The number of aromatic hydroxyl groups is 1. The van der Waals surface area contributed by atoms with E-state index in [9.17, 15) is 29.7 Å². The Kier molecular flexibility index (Phi) is 4.39. The second-order valence-electron chi connectivity index (χ2n) is 8.33. The van der Waals surface area contributed by atoms with Crippen LogP contribution in [0.5, 0.6) is 5.75 Å². The Morgan fingerprint density at radius 2 is 1.80 bits per heavy atom. The third-order valence-corrected chi connectivity index (χ3v) is 6.48. The van der Waals surface area contributed by atoms with Gasteiger partial charge in [0, 0.05) is 11.3 Å². The number of nitrogens with zero attached hydrogens (tertiary/aromatic N) is 1. The summed E-state index contributed by atoms with van der Waals surface area (Å²) >= 11 is 0. The number of nitrogen functional groups attached to an aromatic ring is 1. The van der Waals surface area contributed by atoms with Crippen molar-refractivity contribution in [3.63, 3.8) is 0 Å². The minimum Gasteiger partial charge on any atom is -0.510 e. The van der Waals surface area contributed by atoms with E-state index in [4.69, 9.17) is 11.5 Å². The number of benzene rings is 1. The predicted molar refractivity (Wildman–Crippen MR) is 107 cm³/mol. The molecule has 1 fully saturated rings. The first-order valence-electron chi connectivity index (χ1n) is 9.57. The molecule has 9 nitrogen and oxygen atoms in total. The average molecular weight is 413 g/mol. The van der Waals surface area contributed by atoms with Gasteiger partial charge in [-0.25, -0.2) is 0 Å². The molecule has 7 N–H and O–H groups in total. The van der Waals surface area contributed by atoms with Gasteiger partial charge < -0.3 is 26.8 Å². The number of allylic oxidation sites excluding steroid dienone is 1. The minimum atomic E-state index is -1.26. The number of fused-ring (bicyclic) bond motifs is 3. The Labute approximate surface area is 172 Å². The molecule has 9 heteroatoms. The Bertz CT molecular complexity index is 1070. The lowest BCUT2D eigenvalue weighted by Crippen LogP contribution is -2.55. The molecule has 0 heterocycles. The molecule has 0 radical (unpaired) electrons. The normalized spacial score (nSPS) is 28.4. The molecule has 1 saturated carbocycles. The molecule has 4 rings (SSSR count). The number of likely N-dealkylation sites (N-methyl/N-ethyl adjacent to an activating group) is 1. The second kappa shape index (κ2) is 6.60. The number of Topliss-reactive ketones (excluding diaryl/α,β-unsaturated/α-hetero) is 2. The Morgan fingerprint density at radius 1 is 1.13 bits per heavy atom. The van der Waals surface area contributed by atoms with E-state index in [0.29, 0.717) is 24.1 Å². The van der Waals surface area contributed by atoms with Crippen LogP contribution < -0.4 is 11.5 Å². The lowest BCUT2D eigenvalue weighted by Gasteiger charge is -2.46. The highest BCUT2D eigenvalue weighted by atomic mass is 16.3. The van der Waals surface area contributed by atoms with Gasteiger partial charge in [-0.15, -0.1) is 0 Å². The standard InChI is InChI=1S/C21H23N3O6/c1-24(2)16-9-6-7-5-8-10(22)3-4-11(25)13(8)17(26)12(7)18(27)14(9)19(28)15(20(16)29)21(23)30/h3-4,7,9,14,16,25-26,29H,5-6,22H2,1-2H3,(H2,23,30). The molecule has 30 heavy (non-hydrogen) atoms. The number of rotatable bonds is 2. The van der Waals surface area contributed by atoms with Crippen LogP contribution in [0.2, 0.25) is 0 Å². The van der Waals surface area contributed by atoms with Gasteiger partial charge in [-0.2, -0.15) is 0 Å². The first-order chi connectivity index (χ1) is 14.1. The first-order valence-corrected chi connectivity index (χ1v) is 9.57. The number of primary amides is 1. The van der Waals surface area contributed by atoms with Gasteiger partial charge in [0.2, 0.25) is 0 Å². The molecule has 1 amide bonds. The molecule has 0 bridgehead atoms. The SMILES string of the molecule is CN(C)C1C(O)=C(C(N)=O)C(=O)C2C(=O)C3=C(O)c4c(O)ccc(N)c4CC3CC21. The van der Waals surface area contributed by atoms with E-state index >= 15 is 0 Å². The fraction of sp³-hybridized carbons (Fsp3) is 0.381. The molecule has 158 valence electrons. The molecule has 3 aliphatic carbocycles. The zero-order valence-electron chi connectivity index (χ0n) is 16.5. The molecule has 0 aliphatic heterocycles. The number of anilines is 1. The fourth-order valence-electron chi connectivity index (χ4n) is 5.29. The Hall–Kier alpha value is -3.33. The number of hydrogen-bond acceptors (Lipinski definition) is 8. The maximum Gasteiger partial charge on any atom is 0.255 e. The number of ketones is 2. The molecule has 0 spiro atoms. The molecule has 0 saturated heterocycles. The van der Waals surface area contributed by atoms with Crippen LogP contribution in [0.3, 0.4) is 0 Å². The highest BCUT2D eigenvalue weighted by molar-refractivity contribution is 6.28. The van der Waals surface area contributed by atoms with E-state index in [1.165, 1.54) is 12.1 Å². The van der Waals surface area contributed by atoms with Crippen molar-refractivity contribution in [2.24, 2.45) is 23.5 Å². The second-order valence-corrected chi connectivity index (χ2v) is 8.33.